The van der Waals surface area contributed by atoms with Gasteiger partial charge < -0.3 is 0 Å². The SMILES string of the molecule is N=c1sc(-c2ccc(Cl)cc2)nn1-c1c(Cl)cc(Cl)cc1Cl. The van der Waals surface area contributed by atoms with Crippen LogP contribution >= 0.6 is 57.7 Å². The number of nitrogens with zero attached hydrogens (tertiary/aromatic N) is 2. The van der Waals surface area contributed by atoms with Crippen molar-refractivity contribution in [2.75, 3.05) is 0 Å². The van der Waals surface area contributed by atoms with Gasteiger partial charge in [0.1, 0.15) is 10.7 Å². The first-order valence-electron chi connectivity index (χ1n) is 6.01. The Labute approximate surface area is 150 Å². The Morgan fingerprint density at radius 3 is 2.09 bits per heavy atom. The number of rotatable bonds is 2. The summed E-state index contributed by atoms with van der Waals surface area (Å²) >= 11 is 25.4. The molecular weight excluding hydrogens is 384 g/mol. The van der Waals surface area contributed by atoms with Gasteiger partial charge in [-0.2, -0.15) is 5.10 Å². The molecule has 2 aromatic carbocycles. The van der Waals surface area contributed by atoms with E-state index in [4.69, 9.17) is 51.8 Å². The van der Waals surface area contributed by atoms with Gasteiger partial charge in [0.05, 0.1) is 10.0 Å². The third-order valence-corrected chi connectivity index (χ3v) is 4.78. The molecule has 0 unspecified atom stereocenters. The predicted octanol–water partition coefficient (Wildman–Crippen LogP) is 5.69. The van der Waals surface area contributed by atoms with Crippen molar-refractivity contribution in [1.29, 1.82) is 5.41 Å². The number of benzene rings is 2. The second-order valence-electron chi connectivity index (χ2n) is 4.35. The Morgan fingerprint density at radius 2 is 1.50 bits per heavy atom. The maximum absolute atomic E-state index is 8.11. The lowest BCUT2D eigenvalue weighted by atomic mass is 10.2. The van der Waals surface area contributed by atoms with Crippen LogP contribution in [-0.4, -0.2) is 9.78 Å². The highest BCUT2D eigenvalue weighted by molar-refractivity contribution is 7.12. The first-order chi connectivity index (χ1) is 10.5. The Hall–Kier alpha value is -1.04. The first kappa shape index (κ1) is 15.8. The molecule has 0 aliphatic rings. The van der Waals surface area contributed by atoms with E-state index in [-0.39, 0.29) is 4.80 Å². The maximum atomic E-state index is 8.11. The van der Waals surface area contributed by atoms with Gasteiger partial charge in [0.25, 0.3) is 0 Å². The molecule has 0 radical (unpaired) electrons. The molecule has 0 bridgehead atoms. The average Bonchev–Trinajstić information content (AvgIpc) is 2.80. The quantitative estimate of drug-likeness (QED) is 0.599. The van der Waals surface area contributed by atoms with Gasteiger partial charge in [-0.1, -0.05) is 69.9 Å². The maximum Gasteiger partial charge on any atom is 0.205 e. The third-order valence-electron chi connectivity index (χ3n) is 2.86. The lowest BCUT2D eigenvalue weighted by Gasteiger charge is -2.07. The van der Waals surface area contributed by atoms with Crippen LogP contribution < -0.4 is 4.80 Å². The van der Waals surface area contributed by atoms with Gasteiger partial charge in [0.15, 0.2) is 0 Å². The summed E-state index contributed by atoms with van der Waals surface area (Å²) in [6.45, 7) is 0. The lowest BCUT2D eigenvalue weighted by Crippen LogP contribution is -2.13. The van der Waals surface area contributed by atoms with E-state index in [1.165, 1.54) is 16.0 Å². The van der Waals surface area contributed by atoms with Crippen LogP contribution in [0.3, 0.4) is 0 Å². The summed E-state index contributed by atoms with van der Waals surface area (Å²) in [7, 11) is 0. The van der Waals surface area contributed by atoms with Gasteiger partial charge in [-0.05, 0) is 24.3 Å². The number of nitrogens with one attached hydrogen (secondary N) is 1. The minimum atomic E-state index is 0.205. The van der Waals surface area contributed by atoms with Crippen molar-refractivity contribution in [3.05, 3.63) is 61.3 Å². The molecule has 22 heavy (non-hydrogen) atoms. The van der Waals surface area contributed by atoms with E-state index >= 15 is 0 Å². The van der Waals surface area contributed by atoms with Crippen molar-refractivity contribution in [3.63, 3.8) is 0 Å². The molecule has 112 valence electrons. The topological polar surface area (TPSA) is 41.7 Å². The van der Waals surface area contributed by atoms with Crippen molar-refractivity contribution >= 4 is 57.7 Å². The van der Waals surface area contributed by atoms with Crippen LogP contribution in [-0.2, 0) is 0 Å². The van der Waals surface area contributed by atoms with E-state index in [1.807, 2.05) is 12.1 Å². The van der Waals surface area contributed by atoms with E-state index in [2.05, 4.69) is 5.10 Å². The van der Waals surface area contributed by atoms with Crippen molar-refractivity contribution in [1.82, 2.24) is 9.78 Å². The van der Waals surface area contributed by atoms with E-state index in [9.17, 15) is 0 Å². The van der Waals surface area contributed by atoms with E-state index in [0.717, 1.165) is 5.56 Å². The fraction of sp³-hybridized carbons (Fsp3) is 0. The van der Waals surface area contributed by atoms with Crippen LogP contribution in [0.25, 0.3) is 16.3 Å². The average molecular weight is 391 g/mol. The monoisotopic (exact) mass is 389 g/mol. The first-order valence-corrected chi connectivity index (χ1v) is 8.34. The zero-order valence-electron chi connectivity index (χ0n) is 10.8. The summed E-state index contributed by atoms with van der Waals surface area (Å²) in [6, 6.07) is 10.4. The molecule has 1 heterocycles. The fourth-order valence-electron chi connectivity index (χ4n) is 1.89. The summed E-state index contributed by atoms with van der Waals surface area (Å²) in [6.07, 6.45) is 0. The van der Waals surface area contributed by atoms with E-state index in [1.54, 1.807) is 24.3 Å². The van der Waals surface area contributed by atoms with Crippen LogP contribution in [0.5, 0.6) is 0 Å². The largest absolute Gasteiger partial charge is 0.273 e. The van der Waals surface area contributed by atoms with Gasteiger partial charge in [0, 0.05) is 15.6 Å². The molecule has 0 atom stereocenters. The Balaban J connectivity index is 2.15. The number of aromatic nitrogens is 2. The van der Waals surface area contributed by atoms with Gasteiger partial charge in [0.2, 0.25) is 4.80 Å². The summed E-state index contributed by atoms with van der Waals surface area (Å²) < 4.78 is 1.40. The summed E-state index contributed by atoms with van der Waals surface area (Å²) in [4.78, 5) is 0.205. The minimum Gasteiger partial charge on any atom is -0.273 e. The molecule has 0 fully saturated rings. The molecular formula is C14H7Cl4N3S. The van der Waals surface area contributed by atoms with Gasteiger partial charge in [-0.15, -0.1) is 0 Å². The number of hydrogen-bond donors (Lipinski definition) is 1. The molecule has 0 aliphatic carbocycles. The molecule has 0 spiro atoms. The molecule has 3 nitrogen and oxygen atoms in total. The normalized spacial score (nSPS) is 10.9. The predicted molar refractivity (Wildman–Crippen MR) is 92.8 cm³/mol. The second-order valence-corrected chi connectivity index (χ2v) is 7.01. The van der Waals surface area contributed by atoms with Gasteiger partial charge in [-0.3, -0.25) is 5.41 Å². The summed E-state index contributed by atoms with van der Waals surface area (Å²) in [5, 5.41) is 14.9. The molecule has 1 N–H and O–H groups in total. The highest BCUT2D eigenvalue weighted by Gasteiger charge is 2.15. The summed E-state index contributed by atoms with van der Waals surface area (Å²) in [5.74, 6) is 0. The van der Waals surface area contributed by atoms with Crippen molar-refractivity contribution < 1.29 is 0 Å². The van der Waals surface area contributed by atoms with Gasteiger partial charge >= 0.3 is 0 Å². The van der Waals surface area contributed by atoms with E-state index < -0.39 is 0 Å². The summed E-state index contributed by atoms with van der Waals surface area (Å²) in [5.41, 5.74) is 1.30. The molecule has 0 amide bonds. The standard InChI is InChI=1S/C14H7Cl4N3S/c15-8-3-1-7(2-4-8)13-20-21(14(19)22-13)12-10(17)5-9(16)6-11(12)18/h1-6,19H. The second kappa shape index (κ2) is 6.22. The van der Waals surface area contributed by atoms with Crippen LogP contribution in [0, 0.1) is 5.41 Å². The number of halogens is 4. The highest BCUT2D eigenvalue weighted by atomic mass is 35.5. The van der Waals surface area contributed by atoms with Crippen LogP contribution in [0.4, 0.5) is 0 Å². The van der Waals surface area contributed by atoms with Crippen molar-refractivity contribution in [2.24, 2.45) is 0 Å². The zero-order chi connectivity index (χ0) is 15.9. The highest BCUT2D eigenvalue weighted by Crippen LogP contribution is 2.32. The molecule has 0 aliphatic heterocycles. The minimum absolute atomic E-state index is 0.205. The van der Waals surface area contributed by atoms with Crippen LogP contribution in [0.1, 0.15) is 0 Å². The molecule has 0 saturated carbocycles. The van der Waals surface area contributed by atoms with Gasteiger partial charge in [-0.25, -0.2) is 4.68 Å². The van der Waals surface area contributed by atoms with E-state index in [0.29, 0.717) is 30.8 Å². The van der Waals surface area contributed by atoms with Crippen molar-refractivity contribution in [3.8, 4) is 16.3 Å². The molecule has 3 aromatic rings. The Morgan fingerprint density at radius 1 is 0.909 bits per heavy atom. The number of hydrogen-bond acceptors (Lipinski definition) is 3. The lowest BCUT2D eigenvalue weighted by molar-refractivity contribution is 0.825. The fourth-order valence-corrected chi connectivity index (χ4v) is 3.77. The van der Waals surface area contributed by atoms with Crippen LogP contribution in [0.2, 0.25) is 20.1 Å². The Kier molecular flexibility index (Phi) is 4.48. The molecule has 1 aromatic heterocycles. The third kappa shape index (κ3) is 3.03. The zero-order valence-corrected chi connectivity index (χ0v) is 14.6. The molecule has 3 rings (SSSR count). The smallest absolute Gasteiger partial charge is 0.205 e. The Bertz CT molecular complexity index is 876. The van der Waals surface area contributed by atoms with Crippen molar-refractivity contribution in [2.45, 2.75) is 0 Å². The molecule has 0 saturated heterocycles. The molecule has 8 heteroatoms. The van der Waals surface area contributed by atoms with Crippen LogP contribution in [0.15, 0.2) is 36.4 Å².